The second kappa shape index (κ2) is 7.60. The number of nitrogens with zero attached hydrogens (tertiary/aromatic N) is 1. The van der Waals surface area contributed by atoms with Gasteiger partial charge in [-0.05, 0) is 44.2 Å². The maximum atomic E-state index is 12.2. The molecule has 8 nitrogen and oxygen atoms in total. The van der Waals surface area contributed by atoms with Gasteiger partial charge in [0.15, 0.2) is 0 Å². The van der Waals surface area contributed by atoms with E-state index < -0.39 is 20.0 Å². The summed E-state index contributed by atoms with van der Waals surface area (Å²) in [7, 11) is -6.00. The lowest BCUT2D eigenvalue weighted by Crippen LogP contribution is -2.35. The Morgan fingerprint density at radius 1 is 1.08 bits per heavy atom. The van der Waals surface area contributed by atoms with Crippen molar-refractivity contribution in [2.75, 3.05) is 30.8 Å². The Morgan fingerprint density at radius 2 is 1.75 bits per heavy atom. The topological polar surface area (TPSA) is 113 Å². The molecule has 1 aromatic rings. The molecule has 1 aliphatic rings. The van der Waals surface area contributed by atoms with Crippen LogP contribution in [0.15, 0.2) is 29.2 Å². The summed E-state index contributed by atoms with van der Waals surface area (Å²) in [5.41, 5.74) is 0.663. The van der Waals surface area contributed by atoms with Crippen LogP contribution in [0.3, 0.4) is 0 Å². The number of carbonyl (C=O) groups is 1. The van der Waals surface area contributed by atoms with Gasteiger partial charge in [0, 0.05) is 25.2 Å². The summed E-state index contributed by atoms with van der Waals surface area (Å²) in [5, 5.41) is 0. The van der Waals surface area contributed by atoms with Crippen LogP contribution in [0.1, 0.15) is 19.3 Å². The average molecular weight is 375 g/mol. The highest BCUT2D eigenvalue weighted by atomic mass is 32.2. The maximum Gasteiger partial charge on any atom is 0.240 e. The summed E-state index contributed by atoms with van der Waals surface area (Å²) in [6.07, 6.45) is 2.30. The molecular formula is C14H21N3O5S2. The van der Waals surface area contributed by atoms with Gasteiger partial charge in [-0.1, -0.05) is 0 Å². The van der Waals surface area contributed by atoms with Crippen molar-refractivity contribution in [1.29, 1.82) is 0 Å². The quantitative estimate of drug-likeness (QED) is 0.698. The number of piperidine rings is 1. The molecule has 1 heterocycles. The smallest absolute Gasteiger partial charge is 0.240 e. The van der Waals surface area contributed by atoms with Crippen molar-refractivity contribution in [2.24, 2.45) is 0 Å². The lowest BCUT2D eigenvalue weighted by molar-refractivity contribution is -0.119. The van der Waals surface area contributed by atoms with E-state index in [0.717, 1.165) is 12.8 Å². The second-order valence-corrected chi connectivity index (χ2v) is 9.23. The van der Waals surface area contributed by atoms with E-state index in [-0.39, 0.29) is 23.1 Å². The van der Waals surface area contributed by atoms with Crippen molar-refractivity contribution in [2.45, 2.75) is 24.2 Å². The number of carbonyl (C=O) groups excluding carboxylic acids is 1. The number of hydrogen-bond donors (Lipinski definition) is 2. The zero-order valence-corrected chi connectivity index (χ0v) is 15.0. The molecule has 1 amide bonds. The molecule has 10 heteroatoms. The zero-order valence-electron chi connectivity index (χ0n) is 13.4. The van der Waals surface area contributed by atoms with Crippen molar-refractivity contribution in [1.82, 2.24) is 9.44 Å². The molecule has 1 aliphatic heterocycles. The van der Waals surface area contributed by atoms with E-state index in [1.807, 2.05) is 0 Å². The predicted molar refractivity (Wildman–Crippen MR) is 90.7 cm³/mol. The summed E-state index contributed by atoms with van der Waals surface area (Å²) in [4.78, 5) is 13.5. The van der Waals surface area contributed by atoms with Crippen molar-refractivity contribution in [3.8, 4) is 0 Å². The molecule has 1 aromatic carbocycles. The molecule has 134 valence electrons. The largest absolute Gasteiger partial charge is 0.312 e. The fourth-order valence-electron chi connectivity index (χ4n) is 2.38. The normalized spacial score (nSPS) is 16.4. The molecule has 2 N–H and O–H groups in total. The van der Waals surface area contributed by atoms with Crippen molar-refractivity contribution in [3.63, 3.8) is 0 Å². The van der Waals surface area contributed by atoms with Crippen LogP contribution in [0.4, 0.5) is 5.69 Å². The van der Waals surface area contributed by atoms with Gasteiger partial charge in [-0.15, -0.1) is 0 Å². The van der Waals surface area contributed by atoms with E-state index in [4.69, 9.17) is 0 Å². The Hall–Kier alpha value is -1.49. The highest BCUT2D eigenvalue weighted by molar-refractivity contribution is 7.90. The molecule has 0 radical (unpaired) electrons. The first-order valence-electron chi connectivity index (χ1n) is 7.56. The first kappa shape index (κ1) is 18.8. The molecule has 0 atom stereocenters. The lowest BCUT2D eigenvalue weighted by Gasteiger charge is -2.26. The molecule has 24 heavy (non-hydrogen) atoms. The van der Waals surface area contributed by atoms with Crippen LogP contribution in [0, 0.1) is 0 Å². The summed E-state index contributed by atoms with van der Waals surface area (Å²) < 4.78 is 51.2. The Morgan fingerprint density at radius 3 is 2.33 bits per heavy atom. The minimum Gasteiger partial charge on any atom is -0.312 e. The Balaban J connectivity index is 2.04. The van der Waals surface area contributed by atoms with Crippen molar-refractivity contribution in [3.05, 3.63) is 24.3 Å². The monoisotopic (exact) mass is 375 g/mol. The van der Waals surface area contributed by atoms with Gasteiger partial charge in [-0.2, -0.15) is 0 Å². The molecule has 0 spiro atoms. The molecule has 1 fully saturated rings. The molecule has 0 unspecified atom stereocenters. The van der Waals surface area contributed by atoms with Gasteiger partial charge in [0.1, 0.15) is 0 Å². The zero-order chi connectivity index (χ0) is 17.8. The average Bonchev–Trinajstić information content (AvgIpc) is 2.55. The van der Waals surface area contributed by atoms with Crippen molar-refractivity contribution >= 4 is 31.6 Å². The van der Waals surface area contributed by atoms with Gasteiger partial charge in [0.25, 0.3) is 0 Å². The maximum absolute atomic E-state index is 12.2. The third-order valence-electron chi connectivity index (χ3n) is 3.76. The first-order chi connectivity index (χ1) is 11.2. The van der Waals surface area contributed by atoms with Gasteiger partial charge < -0.3 is 4.90 Å². The number of anilines is 1. The lowest BCUT2D eigenvalue weighted by atomic mass is 10.1. The number of benzene rings is 1. The van der Waals surface area contributed by atoms with Crippen LogP contribution < -0.4 is 14.3 Å². The summed E-state index contributed by atoms with van der Waals surface area (Å²) in [5.74, 6) is -0.310. The predicted octanol–water partition coefficient (Wildman–Crippen LogP) is 0.0310. The summed E-state index contributed by atoms with van der Waals surface area (Å²) >= 11 is 0. The van der Waals surface area contributed by atoms with Gasteiger partial charge in [-0.3, -0.25) is 4.79 Å². The highest BCUT2D eigenvalue weighted by Crippen LogP contribution is 2.22. The van der Waals surface area contributed by atoms with Gasteiger partial charge in [0.2, 0.25) is 26.0 Å². The van der Waals surface area contributed by atoms with E-state index in [1.165, 1.54) is 19.2 Å². The van der Waals surface area contributed by atoms with Crippen LogP contribution in [0.5, 0.6) is 0 Å². The number of amides is 1. The highest BCUT2D eigenvalue weighted by Gasteiger charge is 2.21. The third-order valence-corrected chi connectivity index (χ3v) is 6.60. The Bertz CT molecular complexity index is 788. The molecule has 1 saturated heterocycles. The molecule has 0 aliphatic carbocycles. The number of hydrogen-bond acceptors (Lipinski definition) is 5. The summed E-state index contributed by atoms with van der Waals surface area (Å²) in [6.45, 7) is 0.406. The number of nitrogens with one attached hydrogen (secondary N) is 2. The van der Waals surface area contributed by atoms with E-state index in [9.17, 15) is 21.6 Å². The second-order valence-electron chi connectivity index (χ2n) is 5.42. The Kier molecular flexibility index (Phi) is 5.97. The van der Waals surface area contributed by atoms with Crippen LogP contribution in [-0.4, -0.2) is 48.6 Å². The Labute approximate surface area is 142 Å². The van der Waals surface area contributed by atoms with Crippen LogP contribution in [0.2, 0.25) is 0 Å². The van der Waals surface area contributed by atoms with E-state index >= 15 is 0 Å². The minimum absolute atomic E-state index is 0.0255. The van der Waals surface area contributed by atoms with Gasteiger partial charge in [0.05, 0.1) is 10.6 Å². The number of sulfonamides is 2. The SMILES string of the molecule is CNS(=O)(=O)CCNS(=O)(=O)c1ccc(N2CCCCC2=O)cc1. The van der Waals surface area contributed by atoms with Gasteiger partial charge >= 0.3 is 0 Å². The third kappa shape index (κ3) is 4.76. The van der Waals surface area contributed by atoms with Crippen molar-refractivity contribution < 1.29 is 21.6 Å². The fraction of sp³-hybridized carbons (Fsp3) is 0.500. The fourth-order valence-corrected chi connectivity index (χ4v) is 4.12. The molecule has 0 saturated carbocycles. The number of rotatable bonds is 7. The van der Waals surface area contributed by atoms with Gasteiger partial charge in [-0.25, -0.2) is 26.3 Å². The van der Waals surface area contributed by atoms with Crippen LogP contribution >= 0.6 is 0 Å². The standard InChI is InChI=1S/C14H21N3O5S2/c1-15-23(19,20)11-9-16-24(21,22)13-7-5-12(6-8-13)17-10-3-2-4-14(17)18/h5-8,15-16H,2-4,9-11H2,1H3. The minimum atomic E-state index is -3.80. The van der Waals surface area contributed by atoms with Crippen LogP contribution in [-0.2, 0) is 24.8 Å². The molecule has 2 rings (SSSR count). The summed E-state index contributed by atoms with van der Waals surface area (Å²) in [6, 6.07) is 5.99. The van der Waals surface area contributed by atoms with E-state index in [0.29, 0.717) is 18.7 Å². The first-order valence-corrected chi connectivity index (χ1v) is 10.7. The van der Waals surface area contributed by atoms with E-state index in [1.54, 1.807) is 17.0 Å². The van der Waals surface area contributed by atoms with E-state index in [2.05, 4.69) is 9.44 Å². The van der Waals surface area contributed by atoms with Crippen LogP contribution in [0.25, 0.3) is 0 Å². The molecule has 0 aromatic heterocycles. The molecule has 0 bridgehead atoms. The molecular weight excluding hydrogens is 354 g/mol.